The van der Waals surface area contributed by atoms with E-state index in [1.54, 1.807) is 0 Å². The molecule has 11 heavy (non-hydrogen) atoms. The van der Waals surface area contributed by atoms with Gasteiger partial charge in [0.25, 0.3) is 0 Å². The van der Waals surface area contributed by atoms with Crippen molar-refractivity contribution in [2.45, 2.75) is 38.6 Å². The van der Waals surface area contributed by atoms with Gasteiger partial charge in [-0.05, 0) is 39.7 Å². The number of carbonyl (C=O) groups is 1. The van der Waals surface area contributed by atoms with Crippen molar-refractivity contribution in [3.63, 3.8) is 0 Å². The minimum Gasteiger partial charge on any atom is -0.308 e. The standard InChI is InChI=1S/C9H17NO/c1-9(2,10-3)8(11)6-7-4-5-7/h7,10H,4-6H2,1-3H3. The molecule has 1 saturated carbocycles. The SMILES string of the molecule is CNC(C)(C)C(=O)CC1CC1. The molecule has 1 fully saturated rings. The summed E-state index contributed by atoms with van der Waals surface area (Å²) >= 11 is 0. The van der Waals surface area contributed by atoms with Crippen LogP contribution in [0.25, 0.3) is 0 Å². The first-order valence-corrected chi connectivity index (χ1v) is 4.28. The minimum absolute atomic E-state index is 0.317. The molecule has 2 nitrogen and oxygen atoms in total. The molecule has 0 radical (unpaired) electrons. The van der Waals surface area contributed by atoms with Crippen molar-refractivity contribution < 1.29 is 4.79 Å². The van der Waals surface area contributed by atoms with Crippen LogP contribution in [0.1, 0.15) is 33.1 Å². The number of ketones is 1. The summed E-state index contributed by atoms with van der Waals surface area (Å²) in [5.41, 5.74) is -0.317. The van der Waals surface area contributed by atoms with E-state index >= 15 is 0 Å². The molecule has 1 aliphatic carbocycles. The zero-order chi connectivity index (χ0) is 8.48. The molecule has 1 rings (SSSR count). The second-order valence-electron chi connectivity index (χ2n) is 3.95. The monoisotopic (exact) mass is 155 g/mol. The molecule has 0 aromatic heterocycles. The summed E-state index contributed by atoms with van der Waals surface area (Å²) in [7, 11) is 1.84. The summed E-state index contributed by atoms with van der Waals surface area (Å²) in [6, 6.07) is 0. The van der Waals surface area contributed by atoms with E-state index in [0.29, 0.717) is 11.7 Å². The Balaban J connectivity index is 2.37. The van der Waals surface area contributed by atoms with Crippen LogP contribution in [0.15, 0.2) is 0 Å². The third kappa shape index (κ3) is 2.29. The first-order chi connectivity index (χ1) is 5.06. The summed E-state index contributed by atoms with van der Waals surface area (Å²) < 4.78 is 0. The van der Waals surface area contributed by atoms with Crippen LogP contribution in [-0.4, -0.2) is 18.4 Å². The van der Waals surface area contributed by atoms with Gasteiger partial charge < -0.3 is 5.32 Å². The molecule has 0 atom stereocenters. The largest absolute Gasteiger partial charge is 0.308 e. The number of Topliss-reactive ketones (excluding diaryl/α,β-unsaturated/α-hetero) is 1. The van der Waals surface area contributed by atoms with Crippen molar-refractivity contribution in [3.8, 4) is 0 Å². The van der Waals surface area contributed by atoms with E-state index in [1.165, 1.54) is 12.8 Å². The highest BCUT2D eigenvalue weighted by molar-refractivity contribution is 5.87. The molecule has 0 bridgehead atoms. The number of likely N-dealkylation sites (N-methyl/N-ethyl adjacent to an activating group) is 1. The molecule has 1 aliphatic rings. The van der Waals surface area contributed by atoms with Gasteiger partial charge in [-0.1, -0.05) is 0 Å². The van der Waals surface area contributed by atoms with Gasteiger partial charge in [0.2, 0.25) is 0 Å². The molecular formula is C9H17NO. The van der Waals surface area contributed by atoms with E-state index in [-0.39, 0.29) is 5.54 Å². The van der Waals surface area contributed by atoms with E-state index in [0.717, 1.165) is 6.42 Å². The fourth-order valence-electron chi connectivity index (χ4n) is 0.979. The molecule has 0 spiro atoms. The fraction of sp³-hybridized carbons (Fsp3) is 0.889. The summed E-state index contributed by atoms with van der Waals surface area (Å²) in [5.74, 6) is 1.05. The second kappa shape index (κ2) is 2.94. The molecule has 2 heteroatoms. The lowest BCUT2D eigenvalue weighted by atomic mass is 9.95. The van der Waals surface area contributed by atoms with E-state index < -0.39 is 0 Å². The van der Waals surface area contributed by atoms with Gasteiger partial charge in [-0.15, -0.1) is 0 Å². The van der Waals surface area contributed by atoms with Crippen LogP contribution >= 0.6 is 0 Å². The summed E-state index contributed by atoms with van der Waals surface area (Å²) in [6.45, 7) is 3.88. The molecule has 0 unspecified atom stereocenters. The van der Waals surface area contributed by atoms with Crippen molar-refractivity contribution in [3.05, 3.63) is 0 Å². The first kappa shape index (κ1) is 8.72. The quantitative estimate of drug-likeness (QED) is 0.664. The van der Waals surface area contributed by atoms with Gasteiger partial charge in [-0.3, -0.25) is 4.79 Å². The molecule has 0 heterocycles. The van der Waals surface area contributed by atoms with Crippen LogP contribution in [0, 0.1) is 5.92 Å². The zero-order valence-electron chi connectivity index (χ0n) is 7.61. The predicted molar refractivity (Wildman–Crippen MR) is 45.5 cm³/mol. The summed E-state index contributed by atoms with van der Waals surface area (Å²) in [4.78, 5) is 11.5. The van der Waals surface area contributed by atoms with E-state index in [2.05, 4.69) is 5.32 Å². The molecule has 64 valence electrons. The Morgan fingerprint density at radius 3 is 2.45 bits per heavy atom. The molecular weight excluding hydrogens is 138 g/mol. The van der Waals surface area contributed by atoms with Crippen LogP contribution in [0.3, 0.4) is 0 Å². The van der Waals surface area contributed by atoms with Gasteiger partial charge >= 0.3 is 0 Å². The predicted octanol–water partition coefficient (Wildman–Crippen LogP) is 1.35. The van der Waals surface area contributed by atoms with Crippen LogP contribution in [0.2, 0.25) is 0 Å². The fourth-order valence-corrected chi connectivity index (χ4v) is 0.979. The Kier molecular flexibility index (Phi) is 2.33. The average Bonchev–Trinajstić information content (AvgIpc) is 2.72. The number of hydrogen-bond donors (Lipinski definition) is 1. The molecule has 0 aromatic carbocycles. The normalized spacial score (nSPS) is 18.5. The molecule has 0 aromatic rings. The third-order valence-electron chi connectivity index (χ3n) is 2.49. The molecule has 0 amide bonds. The zero-order valence-corrected chi connectivity index (χ0v) is 7.61. The smallest absolute Gasteiger partial charge is 0.152 e. The number of rotatable bonds is 4. The maximum absolute atomic E-state index is 11.5. The molecule has 0 saturated heterocycles. The van der Waals surface area contributed by atoms with Crippen LogP contribution in [0.5, 0.6) is 0 Å². The van der Waals surface area contributed by atoms with Crippen molar-refractivity contribution in [2.75, 3.05) is 7.05 Å². The highest BCUT2D eigenvalue weighted by atomic mass is 16.1. The maximum atomic E-state index is 11.5. The highest BCUT2D eigenvalue weighted by Gasteiger charge is 2.31. The van der Waals surface area contributed by atoms with Crippen LogP contribution in [-0.2, 0) is 4.79 Å². The van der Waals surface area contributed by atoms with Gasteiger partial charge in [0.05, 0.1) is 5.54 Å². The Morgan fingerprint density at radius 1 is 1.55 bits per heavy atom. The van der Waals surface area contributed by atoms with Crippen molar-refractivity contribution in [2.24, 2.45) is 5.92 Å². The lowest BCUT2D eigenvalue weighted by molar-refractivity contribution is -0.124. The Hall–Kier alpha value is -0.370. The van der Waals surface area contributed by atoms with Crippen molar-refractivity contribution in [1.29, 1.82) is 0 Å². The topological polar surface area (TPSA) is 29.1 Å². The summed E-state index contributed by atoms with van der Waals surface area (Å²) in [5, 5.41) is 3.02. The summed E-state index contributed by atoms with van der Waals surface area (Å²) in [6.07, 6.45) is 3.28. The Bertz CT molecular complexity index is 159. The Morgan fingerprint density at radius 2 is 2.09 bits per heavy atom. The average molecular weight is 155 g/mol. The number of carbonyl (C=O) groups excluding carboxylic acids is 1. The first-order valence-electron chi connectivity index (χ1n) is 4.28. The minimum atomic E-state index is -0.317. The lowest BCUT2D eigenvalue weighted by Crippen LogP contribution is -2.44. The van der Waals surface area contributed by atoms with E-state index in [1.807, 2.05) is 20.9 Å². The lowest BCUT2D eigenvalue weighted by Gasteiger charge is -2.21. The highest BCUT2D eigenvalue weighted by Crippen LogP contribution is 2.33. The molecule has 1 N–H and O–H groups in total. The van der Waals surface area contributed by atoms with Gasteiger partial charge in [-0.25, -0.2) is 0 Å². The third-order valence-corrected chi connectivity index (χ3v) is 2.49. The Labute approximate surface area is 68.4 Å². The number of nitrogens with one attached hydrogen (secondary N) is 1. The van der Waals surface area contributed by atoms with Gasteiger partial charge in [0, 0.05) is 6.42 Å². The van der Waals surface area contributed by atoms with Gasteiger partial charge in [-0.2, -0.15) is 0 Å². The number of hydrogen-bond acceptors (Lipinski definition) is 2. The van der Waals surface area contributed by atoms with Crippen LogP contribution in [0.4, 0.5) is 0 Å². The van der Waals surface area contributed by atoms with E-state index in [4.69, 9.17) is 0 Å². The van der Waals surface area contributed by atoms with Crippen molar-refractivity contribution >= 4 is 5.78 Å². The maximum Gasteiger partial charge on any atom is 0.152 e. The second-order valence-corrected chi connectivity index (χ2v) is 3.95. The van der Waals surface area contributed by atoms with E-state index in [9.17, 15) is 4.79 Å². The van der Waals surface area contributed by atoms with Gasteiger partial charge in [0.1, 0.15) is 0 Å². The van der Waals surface area contributed by atoms with Gasteiger partial charge in [0.15, 0.2) is 5.78 Å². The van der Waals surface area contributed by atoms with Crippen LogP contribution < -0.4 is 5.32 Å². The van der Waals surface area contributed by atoms with Crippen molar-refractivity contribution in [1.82, 2.24) is 5.32 Å². The molecule has 0 aliphatic heterocycles.